The van der Waals surface area contributed by atoms with E-state index in [2.05, 4.69) is 116 Å². The minimum absolute atomic E-state index is 0. The second-order valence-electron chi connectivity index (χ2n) is 7.02. The lowest BCUT2D eigenvalue weighted by Crippen LogP contribution is -3.00. The van der Waals surface area contributed by atoms with Gasteiger partial charge in [-0.2, -0.15) is 0 Å². The maximum atomic E-state index is 6.78. The van der Waals surface area contributed by atoms with Gasteiger partial charge in [-0.15, -0.1) is 0 Å². The van der Waals surface area contributed by atoms with Crippen molar-refractivity contribution in [3.05, 3.63) is 125 Å². The molecule has 0 aliphatic carbocycles. The second-order valence-corrected chi connectivity index (χ2v) is 10.9. The summed E-state index contributed by atoms with van der Waals surface area (Å²) in [6.45, 7) is 2.08. The Morgan fingerprint density at radius 1 is 0.586 bits per heavy atom. The predicted octanol–water partition coefficient (Wildman–Crippen LogP) is 3.15. The summed E-state index contributed by atoms with van der Waals surface area (Å²) < 4.78 is 0. The van der Waals surface area contributed by atoms with E-state index < -0.39 is 7.26 Å². The highest BCUT2D eigenvalue weighted by Crippen LogP contribution is 2.58. The van der Waals surface area contributed by atoms with Gasteiger partial charge in [-0.05, 0) is 48.9 Å². The van der Waals surface area contributed by atoms with Crippen LogP contribution in [-0.4, -0.2) is 0 Å². The average Bonchev–Trinajstić information content (AvgIpc) is 2.77. The monoisotopic (exact) mass is 480 g/mol. The normalized spacial score (nSPS) is 11.0. The van der Waals surface area contributed by atoms with Gasteiger partial charge in [-0.1, -0.05) is 84.4 Å². The first-order chi connectivity index (χ1) is 13.7. The fourth-order valence-electron chi connectivity index (χ4n) is 3.85. The van der Waals surface area contributed by atoms with Gasteiger partial charge in [0, 0.05) is 5.56 Å². The molecule has 0 nitrogen and oxygen atoms in total. The Labute approximate surface area is 189 Å². The predicted molar refractivity (Wildman–Crippen MR) is 125 cm³/mol. The van der Waals surface area contributed by atoms with Crippen molar-refractivity contribution in [2.24, 2.45) is 0 Å². The van der Waals surface area contributed by atoms with Crippen molar-refractivity contribution in [2.75, 3.05) is 0 Å². The van der Waals surface area contributed by atoms with Crippen LogP contribution in [0.3, 0.4) is 0 Å². The highest BCUT2D eigenvalue weighted by Gasteiger charge is 2.45. The van der Waals surface area contributed by atoms with Crippen LogP contribution in [0, 0.1) is 6.92 Å². The molecule has 0 radical (unpaired) electrons. The molecule has 29 heavy (non-hydrogen) atoms. The van der Waals surface area contributed by atoms with E-state index in [0.717, 1.165) is 16.7 Å². The third-order valence-corrected chi connectivity index (χ3v) is 10.2. The molecule has 0 aliphatic heterocycles. The van der Waals surface area contributed by atoms with Crippen LogP contribution in [-0.2, 0) is 6.16 Å². The topological polar surface area (TPSA) is 0 Å². The SMILES string of the molecule is Cc1cccc(C[P+](c2ccccc2)(c2ccccc2)c2ccccc2)c1Cl.[Br-]. The summed E-state index contributed by atoms with van der Waals surface area (Å²) in [5.74, 6) is 0. The van der Waals surface area contributed by atoms with E-state index in [1.807, 2.05) is 0 Å². The lowest BCUT2D eigenvalue weighted by Gasteiger charge is -2.28. The van der Waals surface area contributed by atoms with Crippen LogP contribution in [0.15, 0.2) is 109 Å². The van der Waals surface area contributed by atoms with Gasteiger partial charge in [0.05, 0.1) is 11.2 Å². The van der Waals surface area contributed by atoms with Crippen LogP contribution in [0.1, 0.15) is 11.1 Å². The first kappa shape index (κ1) is 21.8. The van der Waals surface area contributed by atoms with E-state index in [4.69, 9.17) is 11.6 Å². The van der Waals surface area contributed by atoms with Crippen LogP contribution >= 0.6 is 18.9 Å². The van der Waals surface area contributed by atoms with Crippen molar-refractivity contribution >= 4 is 34.8 Å². The van der Waals surface area contributed by atoms with Crippen molar-refractivity contribution in [3.63, 3.8) is 0 Å². The molecule has 4 aromatic carbocycles. The largest absolute Gasteiger partial charge is 1.00 e. The third-order valence-electron chi connectivity index (χ3n) is 5.27. The Morgan fingerprint density at radius 2 is 1.00 bits per heavy atom. The molecule has 3 heteroatoms. The molecule has 0 aromatic heterocycles. The minimum Gasteiger partial charge on any atom is -1.00 e. The average molecular weight is 482 g/mol. The zero-order chi connectivity index (χ0) is 19.4. The van der Waals surface area contributed by atoms with Gasteiger partial charge in [0.2, 0.25) is 0 Å². The summed E-state index contributed by atoms with van der Waals surface area (Å²) in [4.78, 5) is 0. The Kier molecular flexibility index (Phi) is 7.30. The fraction of sp³-hybridized carbons (Fsp3) is 0.0769. The number of hydrogen-bond donors (Lipinski definition) is 0. The molecule has 0 N–H and O–H groups in total. The molecule has 0 saturated heterocycles. The van der Waals surface area contributed by atoms with Crippen LogP contribution < -0.4 is 32.9 Å². The van der Waals surface area contributed by atoms with E-state index in [0.29, 0.717) is 0 Å². The smallest absolute Gasteiger partial charge is 0.116 e. The van der Waals surface area contributed by atoms with Crippen molar-refractivity contribution < 1.29 is 17.0 Å². The molecular formula is C26H23BrClP. The molecule has 0 amide bonds. The lowest BCUT2D eigenvalue weighted by molar-refractivity contribution is -0.00000542. The van der Waals surface area contributed by atoms with Crippen LogP contribution in [0.4, 0.5) is 0 Å². The summed E-state index contributed by atoms with van der Waals surface area (Å²) >= 11 is 6.78. The summed E-state index contributed by atoms with van der Waals surface area (Å²) in [7, 11) is -1.91. The molecule has 0 bridgehead atoms. The molecule has 0 unspecified atom stereocenters. The van der Waals surface area contributed by atoms with Crippen LogP contribution in [0.5, 0.6) is 0 Å². The van der Waals surface area contributed by atoms with E-state index in [9.17, 15) is 0 Å². The summed E-state index contributed by atoms with van der Waals surface area (Å²) in [5.41, 5.74) is 2.35. The number of rotatable bonds is 5. The van der Waals surface area contributed by atoms with E-state index >= 15 is 0 Å². The quantitative estimate of drug-likeness (QED) is 0.384. The van der Waals surface area contributed by atoms with Gasteiger partial charge in [0.1, 0.15) is 23.2 Å². The molecule has 4 aromatic rings. The van der Waals surface area contributed by atoms with Crippen molar-refractivity contribution in [2.45, 2.75) is 13.1 Å². The standard InChI is InChI=1S/C26H23ClP.BrH/c1-21-12-11-13-22(26(21)27)20-28(23-14-5-2-6-15-23,24-16-7-3-8-17-24)25-18-9-4-10-19-25;/h2-19H,20H2,1H3;1H/q+1;/p-1. The summed E-state index contributed by atoms with van der Waals surface area (Å²) in [6, 6.07) is 39.2. The van der Waals surface area contributed by atoms with Gasteiger partial charge in [0.15, 0.2) is 0 Å². The molecule has 0 aliphatic rings. The van der Waals surface area contributed by atoms with Crippen molar-refractivity contribution in [3.8, 4) is 0 Å². The molecule has 4 rings (SSSR count). The van der Waals surface area contributed by atoms with Gasteiger partial charge < -0.3 is 17.0 Å². The van der Waals surface area contributed by atoms with Crippen LogP contribution in [0.2, 0.25) is 5.02 Å². The Morgan fingerprint density at radius 3 is 1.41 bits per heavy atom. The van der Waals surface area contributed by atoms with Gasteiger partial charge in [-0.25, -0.2) is 0 Å². The first-order valence-corrected chi connectivity index (χ1v) is 11.9. The highest BCUT2D eigenvalue weighted by atomic mass is 79.9. The molecule has 146 valence electrons. The van der Waals surface area contributed by atoms with Crippen molar-refractivity contribution in [1.29, 1.82) is 0 Å². The zero-order valence-electron chi connectivity index (χ0n) is 16.3. The van der Waals surface area contributed by atoms with Gasteiger partial charge >= 0.3 is 0 Å². The molecule has 0 heterocycles. The van der Waals surface area contributed by atoms with Crippen LogP contribution in [0.25, 0.3) is 0 Å². The Hall–Kier alpha value is -1.92. The maximum absolute atomic E-state index is 6.78. The fourth-order valence-corrected chi connectivity index (χ4v) is 8.40. The second kappa shape index (κ2) is 9.72. The summed E-state index contributed by atoms with van der Waals surface area (Å²) in [5, 5.41) is 5.02. The van der Waals surface area contributed by atoms with E-state index in [1.54, 1.807) is 0 Å². The maximum Gasteiger partial charge on any atom is 0.116 e. The van der Waals surface area contributed by atoms with Gasteiger partial charge in [-0.3, -0.25) is 0 Å². The first-order valence-electron chi connectivity index (χ1n) is 9.51. The molecule has 0 spiro atoms. The Balaban J connectivity index is 0.00000240. The van der Waals surface area contributed by atoms with E-state index in [-0.39, 0.29) is 17.0 Å². The lowest BCUT2D eigenvalue weighted by atomic mass is 10.2. The molecule has 0 saturated carbocycles. The highest BCUT2D eigenvalue weighted by molar-refractivity contribution is 7.95. The number of hydrogen-bond acceptors (Lipinski definition) is 0. The molecule has 0 fully saturated rings. The minimum atomic E-state index is -1.91. The Bertz CT molecular complexity index is 953. The van der Waals surface area contributed by atoms with E-state index in [1.165, 1.54) is 21.5 Å². The zero-order valence-corrected chi connectivity index (χ0v) is 19.5. The number of aryl methyl sites for hydroxylation is 1. The number of halogens is 2. The molecular weight excluding hydrogens is 459 g/mol. The molecule has 0 atom stereocenters. The van der Waals surface area contributed by atoms with Gasteiger partial charge in [0.25, 0.3) is 0 Å². The number of benzene rings is 4. The summed E-state index contributed by atoms with van der Waals surface area (Å²) in [6.07, 6.45) is 0.908. The van der Waals surface area contributed by atoms with Crippen molar-refractivity contribution in [1.82, 2.24) is 0 Å². The third kappa shape index (κ3) is 4.33.